The number of rotatable bonds is 8. The summed E-state index contributed by atoms with van der Waals surface area (Å²) in [6.45, 7) is 7.89. The highest BCUT2D eigenvalue weighted by Gasteiger charge is 2.28. The van der Waals surface area contributed by atoms with Crippen molar-refractivity contribution < 1.29 is 9.59 Å². The smallest absolute Gasteiger partial charge is 0.242 e. The van der Waals surface area contributed by atoms with Gasteiger partial charge in [-0.3, -0.25) is 9.59 Å². The van der Waals surface area contributed by atoms with Crippen LogP contribution in [0.25, 0.3) is 0 Å². The molecule has 0 bridgehead atoms. The minimum Gasteiger partial charge on any atom is -0.350 e. The molecule has 0 aliphatic heterocycles. The Bertz CT molecular complexity index is 917. The van der Waals surface area contributed by atoms with E-state index in [1.165, 1.54) is 11.8 Å². The number of thioether (sulfide) groups is 1. The highest BCUT2D eigenvalue weighted by molar-refractivity contribution is 9.10. The van der Waals surface area contributed by atoms with Crippen LogP contribution in [0, 0.1) is 0 Å². The van der Waals surface area contributed by atoms with Crippen molar-refractivity contribution in [1.29, 1.82) is 0 Å². The van der Waals surface area contributed by atoms with E-state index >= 15 is 0 Å². The molecule has 0 aliphatic carbocycles. The molecule has 1 N–H and O–H groups in total. The number of benzene rings is 2. The van der Waals surface area contributed by atoms with Crippen LogP contribution in [0.2, 0.25) is 10.0 Å². The molecular formula is C23H27BrCl2N2O2S. The van der Waals surface area contributed by atoms with Crippen LogP contribution in [-0.4, -0.2) is 34.0 Å². The SMILES string of the molecule is C[C@H](C(=O)NC(C)(C)C)N(Cc1ccc(Br)cc1)C(=O)CSCc1ccc(Cl)c(Cl)c1. The first-order chi connectivity index (χ1) is 14.5. The van der Waals surface area contributed by atoms with Gasteiger partial charge in [-0.15, -0.1) is 11.8 Å². The Kier molecular flexibility index (Phi) is 9.74. The van der Waals surface area contributed by atoms with Gasteiger partial charge in [-0.2, -0.15) is 0 Å². The van der Waals surface area contributed by atoms with Gasteiger partial charge in [-0.05, 0) is 63.1 Å². The van der Waals surface area contributed by atoms with Crippen molar-refractivity contribution in [3.05, 3.63) is 68.1 Å². The number of nitrogens with zero attached hydrogens (tertiary/aromatic N) is 1. The largest absolute Gasteiger partial charge is 0.350 e. The molecule has 0 unspecified atom stereocenters. The van der Waals surface area contributed by atoms with Crippen molar-refractivity contribution in [2.24, 2.45) is 0 Å². The normalized spacial score (nSPS) is 12.4. The summed E-state index contributed by atoms with van der Waals surface area (Å²) in [6, 6.07) is 12.6. The molecule has 2 aromatic rings. The van der Waals surface area contributed by atoms with Crippen LogP contribution in [0.5, 0.6) is 0 Å². The lowest BCUT2D eigenvalue weighted by molar-refractivity contribution is -0.139. The van der Waals surface area contributed by atoms with E-state index in [1.54, 1.807) is 24.0 Å². The molecule has 0 saturated heterocycles. The zero-order valence-electron chi connectivity index (χ0n) is 18.0. The molecule has 1 atom stereocenters. The molecule has 0 aliphatic rings. The number of amides is 2. The number of halogens is 3. The number of nitrogens with one attached hydrogen (secondary N) is 1. The molecule has 0 spiro atoms. The van der Waals surface area contributed by atoms with E-state index in [9.17, 15) is 9.59 Å². The average molecular weight is 546 g/mol. The lowest BCUT2D eigenvalue weighted by Gasteiger charge is -2.31. The van der Waals surface area contributed by atoms with Gasteiger partial charge in [-0.1, -0.05) is 57.3 Å². The van der Waals surface area contributed by atoms with Crippen LogP contribution in [0.4, 0.5) is 0 Å². The molecule has 4 nitrogen and oxygen atoms in total. The summed E-state index contributed by atoms with van der Waals surface area (Å²) >= 11 is 16.9. The van der Waals surface area contributed by atoms with Gasteiger partial charge in [0.1, 0.15) is 6.04 Å². The van der Waals surface area contributed by atoms with Gasteiger partial charge >= 0.3 is 0 Å². The molecule has 0 aromatic heterocycles. The fraction of sp³-hybridized carbons (Fsp3) is 0.391. The first kappa shape index (κ1) is 26.0. The average Bonchev–Trinajstić information content (AvgIpc) is 2.68. The van der Waals surface area contributed by atoms with Crippen LogP contribution in [0.15, 0.2) is 46.9 Å². The van der Waals surface area contributed by atoms with Gasteiger partial charge in [0.2, 0.25) is 11.8 Å². The second kappa shape index (κ2) is 11.6. The topological polar surface area (TPSA) is 49.4 Å². The lowest BCUT2D eigenvalue weighted by Crippen LogP contribution is -2.52. The summed E-state index contributed by atoms with van der Waals surface area (Å²) < 4.78 is 0.963. The second-order valence-electron chi connectivity index (χ2n) is 8.30. The van der Waals surface area contributed by atoms with Crippen LogP contribution in [0.1, 0.15) is 38.8 Å². The molecule has 31 heavy (non-hydrogen) atoms. The maximum atomic E-state index is 13.1. The molecule has 2 rings (SSSR count). The molecule has 0 radical (unpaired) electrons. The monoisotopic (exact) mass is 544 g/mol. The highest BCUT2D eigenvalue weighted by Crippen LogP contribution is 2.25. The molecule has 2 aromatic carbocycles. The summed E-state index contributed by atoms with van der Waals surface area (Å²) in [5.41, 5.74) is 1.58. The predicted octanol–water partition coefficient (Wildman–Crippen LogP) is 6.32. The third-order valence-corrected chi connectivity index (χ3v) is 6.67. The van der Waals surface area contributed by atoms with Crippen LogP contribution in [0.3, 0.4) is 0 Å². The van der Waals surface area contributed by atoms with Crippen molar-refractivity contribution >= 4 is 62.7 Å². The Balaban J connectivity index is 2.09. The minimum atomic E-state index is -0.596. The Hall–Kier alpha value is -1.21. The van der Waals surface area contributed by atoms with Crippen molar-refractivity contribution in [1.82, 2.24) is 10.2 Å². The third kappa shape index (κ3) is 8.68. The van der Waals surface area contributed by atoms with Crippen LogP contribution < -0.4 is 5.32 Å². The van der Waals surface area contributed by atoms with Crippen molar-refractivity contribution in [2.75, 3.05) is 5.75 Å². The van der Waals surface area contributed by atoms with Crippen LogP contribution >= 0.6 is 50.9 Å². The van der Waals surface area contributed by atoms with Gasteiger partial charge in [0.25, 0.3) is 0 Å². The van der Waals surface area contributed by atoms with Crippen molar-refractivity contribution in [3.63, 3.8) is 0 Å². The highest BCUT2D eigenvalue weighted by atomic mass is 79.9. The molecule has 0 saturated carbocycles. The fourth-order valence-corrected chi connectivity index (χ4v) is 4.25. The van der Waals surface area contributed by atoms with Gasteiger partial charge < -0.3 is 10.2 Å². The van der Waals surface area contributed by atoms with Gasteiger partial charge in [0.05, 0.1) is 15.8 Å². The zero-order valence-corrected chi connectivity index (χ0v) is 22.0. The lowest BCUT2D eigenvalue weighted by atomic mass is 10.1. The number of carbonyl (C=O) groups excluding carboxylic acids is 2. The van der Waals surface area contributed by atoms with E-state index in [4.69, 9.17) is 23.2 Å². The second-order valence-corrected chi connectivity index (χ2v) is 11.0. The zero-order chi connectivity index (χ0) is 23.2. The maximum absolute atomic E-state index is 13.1. The van der Waals surface area contributed by atoms with E-state index in [0.29, 0.717) is 22.3 Å². The Morgan fingerprint density at radius 2 is 1.68 bits per heavy atom. The Morgan fingerprint density at radius 3 is 2.26 bits per heavy atom. The number of carbonyl (C=O) groups is 2. The Labute approximate surface area is 207 Å². The van der Waals surface area contributed by atoms with Crippen molar-refractivity contribution in [3.8, 4) is 0 Å². The molecule has 168 valence electrons. The van der Waals surface area contributed by atoms with Gasteiger partial charge in [-0.25, -0.2) is 0 Å². The van der Waals surface area contributed by atoms with E-state index < -0.39 is 6.04 Å². The molecule has 8 heteroatoms. The minimum absolute atomic E-state index is 0.0930. The van der Waals surface area contributed by atoms with E-state index in [1.807, 2.05) is 51.1 Å². The van der Waals surface area contributed by atoms with Gasteiger partial charge in [0.15, 0.2) is 0 Å². The van der Waals surface area contributed by atoms with E-state index in [2.05, 4.69) is 21.2 Å². The maximum Gasteiger partial charge on any atom is 0.242 e. The number of hydrogen-bond acceptors (Lipinski definition) is 3. The van der Waals surface area contributed by atoms with E-state index in [0.717, 1.165) is 15.6 Å². The first-order valence-electron chi connectivity index (χ1n) is 9.84. The van der Waals surface area contributed by atoms with Crippen LogP contribution in [-0.2, 0) is 21.9 Å². The predicted molar refractivity (Wildman–Crippen MR) is 135 cm³/mol. The summed E-state index contributed by atoms with van der Waals surface area (Å²) in [5.74, 6) is 0.610. The third-order valence-electron chi connectivity index (χ3n) is 4.41. The standard InChI is InChI=1S/C23H27BrCl2N2O2S/c1-15(22(30)27-23(2,3)4)28(12-16-5-8-18(24)9-6-16)21(29)14-31-13-17-7-10-19(25)20(26)11-17/h5-11,15H,12-14H2,1-4H3,(H,27,30)/t15-/m1/s1. The number of hydrogen-bond donors (Lipinski definition) is 1. The molecule has 0 fully saturated rings. The quantitative estimate of drug-likeness (QED) is 0.422. The van der Waals surface area contributed by atoms with Gasteiger partial charge in [0, 0.05) is 22.3 Å². The molecule has 0 heterocycles. The first-order valence-corrected chi connectivity index (χ1v) is 12.5. The summed E-state index contributed by atoms with van der Waals surface area (Å²) in [4.78, 5) is 27.5. The Morgan fingerprint density at radius 1 is 1.06 bits per heavy atom. The molecule has 2 amide bonds. The fourth-order valence-electron chi connectivity index (χ4n) is 2.81. The summed E-state index contributed by atoms with van der Waals surface area (Å²) in [7, 11) is 0. The molecular weight excluding hydrogens is 519 g/mol. The van der Waals surface area contributed by atoms with E-state index in [-0.39, 0.29) is 23.1 Å². The van der Waals surface area contributed by atoms with Crippen molar-refractivity contribution in [2.45, 2.75) is 51.6 Å². The summed E-state index contributed by atoms with van der Waals surface area (Å²) in [6.07, 6.45) is 0. The summed E-state index contributed by atoms with van der Waals surface area (Å²) in [5, 5.41) is 3.97.